The number of benzene rings is 1. The van der Waals surface area contributed by atoms with Crippen molar-refractivity contribution in [3.05, 3.63) is 68.4 Å². The summed E-state index contributed by atoms with van der Waals surface area (Å²) in [5, 5.41) is 0. The first kappa shape index (κ1) is 18.8. The number of hydrogen-bond donors (Lipinski definition) is 0. The zero-order valence-corrected chi connectivity index (χ0v) is 17.1. The Morgan fingerprint density at radius 3 is 2.50 bits per heavy atom. The summed E-state index contributed by atoms with van der Waals surface area (Å²) in [5.74, 6) is 0.354. The number of rotatable bonds is 3. The highest BCUT2D eigenvalue weighted by atomic mass is 19.1. The molecule has 0 atom stereocenters. The van der Waals surface area contributed by atoms with Gasteiger partial charge in [-0.15, -0.1) is 0 Å². The molecule has 1 saturated carbocycles. The van der Waals surface area contributed by atoms with Crippen molar-refractivity contribution in [1.82, 2.24) is 23.1 Å². The van der Waals surface area contributed by atoms with E-state index in [9.17, 15) is 14.0 Å². The average molecular weight is 409 g/mol. The molecule has 3 aromatic heterocycles. The molecule has 4 aromatic rings. The lowest BCUT2D eigenvalue weighted by Gasteiger charge is -2.24. The number of hydrogen-bond acceptors (Lipinski definition) is 3. The lowest BCUT2D eigenvalue weighted by atomic mass is 9.95. The van der Waals surface area contributed by atoms with Crippen LogP contribution < -0.4 is 11.2 Å². The van der Waals surface area contributed by atoms with E-state index in [1.807, 2.05) is 17.5 Å². The molecule has 7 nitrogen and oxygen atoms in total. The highest BCUT2D eigenvalue weighted by Crippen LogP contribution is 2.31. The quantitative estimate of drug-likeness (QED) is 0.522. The van der Waals surface area contributed by atoms with Gasteiger partial charge in [0.25, 0.3) is 5.56 Å². The molecule has 3 heterocycles. The van der Waals surface area contributed by atoms with E-state index >= 15 is 0 Å². The zero-order valence-electron chi connectivity index (χ0n) is 17.1. The van der Waals surface area contributed by atoms with Crippen molar-refractivity contribution in [1.29, 1.82) is 0 Å². The largest absolute Gasteiger partial charge is 0.332 e. The van der Waals surface area contributed by atoms with E-state index in [1.165, 1.54) is 40.5 Å². The summed E-state index contributed by atoms with van der Waals surface area (Å²) in [6.45, 7) is 2.12. The van der Waals surface area contributed by atoms with E-state index in [1.54, 1.807) is 19.2 Å². The summed E-state index contributed by atoms with van der Waals surface area (Å²) < 4.78 is 19.9. The highest BCUT2D eigenvalue weighted by Gasteiger charge is 2.24. The first-order valence-corrected chi connectivity index (χ1v) is 10.4. The van der Waals surface area contributed by atoms with Gasteiger partial charge < -0.3 is 4.57 Å². The molecule has 0 N–H and O–H groups in total. The molecule has 0 saturated heterocycles. The topological polar surface area (TPSA) is 66.2 Å². The van der Waals surface area contributed by atoms with Gasteiger partial charge in [-0.3, -0.25) is 18.3 Å². The lowest BCUT2D eigenvalue weighted by molar-refractivity contribution is 0.355. The first-order valence-electron chi connectivity index (χ1n) is 10.4. The maximum atomic E-state index is 13.4. The molecule has 1 aliphatic carbocycles. The summed E-state index contributed by atoms with van der Waals surface area (Å²) >= 11 is 0. The van der Waals surface area contributed by atoms with Gasteiger partial charge in [-0.25, -0.2) is 9.18 Å². The molecular formula is C22H24FN5O2. The monoisotopic (exact) mass is 409 g/mol. The highest BCUT2D eigenvalue weighted by molar-refractivity contribution is 5.75. The average Bonchev–Trinajstić information content (AvgIpc) is 3.26. The van der Waals surface area contributed by atoms with Crippen LogP contribution in [0.1, 0.15) is 49.4 Å². The minimum atomic E-state index is -0.432. The Bertz CT molecular complexity index is 1370. The van der Waals surface area contributed by atoms with Gasteiger partial charge in [0.05, 0.1) is 6.54 Å². The van der Waals surface area contributed by atoms with Crippen LogP contribution in [0.15, 0.2) is 40.1 Å². The summed E-state index contributed by atoms with van der Waals surface area (Å²) in [7, 11) is 1.63. The van der Waals surface area contributed by atoms with Gasteiger partial charge in [-0.1, -0.05) is 31.4 Å². The molecule has 5 rings (SSSR count). The standard InChI is InChI=1S/C22H24FN5O2/c1-14-12-26-18-19(24-21(26)28(14)17-6-4-3-5-7-17)25(2)22(30)27(20(18)29)13-15-8-10-16(23)11-9-15/h8-12,17H,3-7,13H2,1-2H3. The third kappa shape index (κ3) is 2.81. The molecule has 1 aromatic carbocycles. The molecule has 0 bridgehead atoms. The Morgan fingerprint density at radius 1 is 1.10 bits per heavy atom. The van der Waals surface area contributed by atoms with Crippen LogP contribution in [-0.4, -0.2) is 23.1 Å². The zero-order chi connectivity index (χ0) is 21.0. The molecule has 8 heteroatoms. The number of aromatic nitrogens is 5. The third-order valence-corrected chi connectivity index (χ3v) is 6.26. The normalized spacial score (nSPS) is 15.4. The van der Waals surface area contributed by atoms with Crippen molar-refractivity contribution in [2.75, 3.05) is 0 Å². The van der Waals surface area contributed by atoms with Crippen LogP contribution in [0.2, 0.25) is 0 Å². The van der Waals surface area contributed by atoms with Crippen LogP contribution in [0.25, 0.3) is 16.9 Å². The van der Waals surface area contributed by atoms with Crippen molar-refractivity contribution in [3.63, 3.8) is 0 Å². The van der Waals surface area contributed by atoms with E-state index in [0.29, 0.717) is 28.5 Å². The van der Waals surface area contributed by atoms with Gasteiger partial charge in [-0.2, -0.15) is 4.98 Å². The molecule has 0 spiro atoms. The Kier molecular flexibility index (Phi) is 4.38. The Hall–Kier alpha value is -3.16. The fraction of sp³-hybridized carbons (Fsp3) is 0.409. The number of nitrogens with zero attached hydrogens (tertiary/aromatic N) is 5. The fourth-order valence-corrected chi connectivity index (χ4v) is 4.73. The molecular weight excluding hydrogens is 385 g/mol. The summed E-state index contributed by atoms with van der Waals surface area (Å²) in [6, 6.07) is 6.19. The maximum absolute atomic E-state index is 13.4. The smallest absolute Gasteiger partial charge is 0.311 e. The predicted molar refractivity (Wildman–Crippen MR) is 113 cm³/mol. The van der Waals surface area contributed by atoms with E-state index in [4.69, 9.17) is 4.98 Å². The first-order chi connectivity index (χ1) is 14.5. The molecule has 30 heavy (non-hydrogen) atoms. The van der Waals surface area contributed by atoms with Crippen LogP contribution >= 0.6 is 0 Å². The minimum absolute atomic E-state index is 0.0806. The van der Waals surface area contributed by atoms with Crippen molar-refractivity contribution in [2.24, 2.45) is 7.05 Å². The second kappa shape index (κ2) is 6.97. The molecule has 0 unspecified atom stereocenters. The molecule has 156 valence electrons. The molecule has 0 radical (unpaired) electrons. The number of fused-ring (bicyclic) bond motifs is 3. The molecule has 1 fully saturated rings. The van der Waals surface area contributed by atoms with E-state index < -0.39 is 5.69 Å². The number of halogens is 1. The SMILES string of the molecule is Cc1cn2c3c(=O)n(Cc4ccc(F)cc4)c(=O)n(C)c3nc2n1C1CCCCC1. The van der Waals surface area contributed by atoms with Gasteiger partial charge in [-0.05, 0) is 37.5 Å². The fourth-order valence-electron chi connectivity index (χ4n) is 4.73. The van der Waals surface area contributed by atoms with Crippen molar-refractivity contribution in [3.8, 4) is 0 Å². The Labute approximate surface area is 172 Å². The van der Waals surface area contributed by atoms with Crippen LogP contribution in [0, 0.1) is 12.7 Å². The van der Waals surface area contributed by atoms with Crippen LogP contribution in [0.5, 0.6) is 0 Å². The number of aryl methyl sites for hydroxylation is 2. The van der Waals surface area contributed by atoms with Crippen molar-refractivity contribution >= 4 is 16.9 Å². The minimum Gasteiger partial charge on any atom is -0.311 e. The van der Waals surface area contributed by atoms with E-state index in [2.05, 4.69) is 4.57 Å². The number of imidazole rings is 2. The van der Waals surface area contributed by atoms with E-state index in [-0.39, 0.29) is 17.9 Å². The van der Waals surface area contributed by atoms with Gasteiger partial charge >= 0.3 is 5.69 Å². The summed E-state index contributed by atoms with van der Waals surface area (Å²) in [5.41, 5.74) is 1.72. The summed E-state index contributed by atoms with van der Waals surface area (Å²) in [6.07, 6.45) is 7.78. The van der Waals surface area contributed by atoms with Gasteiger partial charge in [0.2, 0.25) is 5.78 Å². The Balaban J connectivity index is 1.72. The summed E-state index contributed by atoms with van der Waals surface area (Å²) in [4.78, 5) is 31.0. The molecule has 0 aliphatic heterocycles. The lowest BCUT2D eigenvalue weighted by Crippen LogP contribution is -2.39. The predicted octanol–water partition coefficient (Wildman–Crippen LogP) is 3.15. The Morgan fingerprint density at radius 2 is 1.80 bits per heavy atom. The second-order valence-electron chi connectivity index (χ2n) is 8.25. The van der Waals surface area contributed by atoms with Gasteiger partial charge in [0, 0.05) is 25.0 Å². The molecule has 1 aliphatic rings. The third-order valence-electron chi connectivity index (χ3n) is 6.26. The van der Waals surface area contributed by atoms with Crippen LogP contribution in [0.4, 0.5) is 4.39 Å². The van der Waals surface area contributed by atoms with Crippen molar-refractivity contribution in [2.45, 2.75) is 51.6 Å². The van der Waals surface area contributed by atoms with Crippen LogP contribution in [0.3, 0.4) is 0 Å². The van der Waals surface area contributed by atoms with Gasteiger partial charge in [0.15, 0.2) is 11.2 Å². The van der Waals surface area contributed by atoms with E-state index in [0.717, 1.165) is 18.5 Å². The maximum Gasteiger partial charge on any atom is 0.332 e. The van der Waals surface area contributed by atoms with Crippen molar-refractivity contribution < 1.29 is 4.39 Å². The van der Waals surface area contributed by atoms with Gasteiger partial charge in [0.1, 0.15) is 5.82 Å². The molecule has 0 amide bonds. The van der Waals surface area contributed by atoms with Crippen LogP contribution in [-0.2, 0) is 13.6 Å². The second-order valence-corrected chi connectivity index (χ2v) is 8.25.